The van der Waals surface area contributed by atoms with Gasteiger partial charge in [0.25, 0.3) is 5.91 Å². The van der Waals surface area contributed by atoms with Crippen molar-refractivity contribution < 1.29 is 14.3 Å². The van der Waals surface area contributed by atoms with Crippen LogP contribution in [-0.2, 0) is 9.53 Å². The van der Waals surface area contributed by atoms with Crippen LogP contribution in [0.4, 0.5) is 0 Å². The van der Waals surface area contributed by atoms with E-state index in [-0.39, 0.29) is 18.6 Å². The lowest BCUT2D eigenvalue weighted by atomic mass is 10.1. The van der Waals surface area contributed by atoms with Gasteiger partial charge in [-0.25, -0.2) is 4.79 Å². The number of hydrogen-bond acceptors (Lipinski definition) is 4. The number of nitrogens with zero attached hydrogens (tertiary/aromatic N) is 1. The molecule has 0 fully saturated rings. The van der Waals surface area contributed by atoms with Crippen molar-refractivity contribution in [3.05, 3.63) is 55.1 Å². The Labute approximate surface area is 155 Å². The summed E-state index contributed by atoms with van der Waals surface area (Å²) in [6, 6.07) is 11.3. The van der Waals surface area contributed by atoms with Gasteiger partial charge in [-0.15, -0.1) is 11.3 Å². The molecule has 0 aliphatic heterocycles. The molecule has 122 valence electrons. The quantitative estimate of drug-likeness (QED) is 0.610. The van der Waals surface area contributed by atoms with E-state index in [2.05, 4.69) is 31.9 Å². The Balaban J connectivity index is 1.92. The van der Waals surface area contributed by atoms with E-state index < -0.39 is 5.97 Å². The minimum atomic E-state index is -0.504. The van der Waals surface area contributed by atoms with Gasteiger partial charge in [0.05, 0.1) is 9.83 Å². The van der Waals surface area contributed by atoms with Crippen LogP contribution in [0.1, 0.15) is 28.2 Å². The number of thiophene rings is 1. The molecular formula is C16H15Br2NO3S. The second kappa shape index (κ2) is 8.08. The van der Waals surface area contributed by atoms with E-state index in [0.717, 1.165) is 13.8 Å². The number of halogens is 2. The van der Waals surface area contributed by atoms with E-state index in [9.17, 15) is 9.59 Å². The first-order chi connectivity index (χ1) is 10.9. The number of esters is 1. The van der Waals surface area contributed by atoms with Gasteiger partial charge in [0.2, 0.25) is 0 Å². The molecule has 1 heterocycles. The summed E-state index contributed by atoms with van der Waals surface area (Å²) in [6.45, 7) is 1.65. The Morgan fingerprint density at radius 3 is 2.48 bits per heavy atom. The molecule has 0 saturated heterocycles. The first-order valence-corrected chi connectivity index (χ1v) is 9.23. The Kier molecular flexibility index (Phi) is 6.38. The van der Waals surface area contributed by atoms with Crippen molar-refractivity contribution in [1.82, 2.24) is 4.90 Å². The van der Waals surface area contributed by atoms with Crippen LogP contribution in [0.3, 0.4) is 0 Å². The van der Waals surface area contributed by atoms with Crippen LogP contribution >= 0.6 is 43.2 Å². The lowest BCUT2D eigenvalue weighted by molar-refractivity contribution is -0.135. The molecule has 1 atom stereocenters. The summed E-state index contributed by atoms with van der Waals surface area (Å²) in [6.07, 6.45) is 0. The van der Waals surface area contributed by atoms with E-state index in [4.69, 9.17) is 4.74 Å². The highest BCUT2D eigenvalue weighted by Gasteiger charge is 2.20. The van der Waals surface area contributed by atoms with Crippen molar-refractivity contribution in [3.63, 3.8) is 0 Å². The summed E-state index contributed by atoms with van der Waals surface area (Å²) < 4.78 is 6.70. The van der Waals surface area contributed by atoms with Crippen molar-refractivity contribution in [2.45, 2.75) is 13.0 Å². The van der Waals surface area contributed by atoms with Gasteiger partial charge < -0.3 is 9.64 Å². The van der Waals surface area contributed by atoms with Crippen molar-refractivity contribution in [2.24, 2.45) is 0 Å². The van der Waals surface area contributed by atoms with Crippen LogP contribution in [0.5, 0.6) is 0 Å². The lowest BCUT2D eigenvalue weighted by Crippen LogP contribution is -2.33. The largest absolute Gasteiger partial charge is 0.451 e. The number of ether oxygens (including phenoxy) is 1. The van der Waals surface area contributed by atoms with Gasteiger partial charge in [0.15, 0.2) is 6.61 Å². The molecule has 1 unspecified atom stereocenters. The van der Waals surface area contributed by atoms with E-state index in [0.29, 0.717) is 4.88 Å². The molecule has 0 aliphatic rings. The molecule has 1 amide bonds. The van der Waals surface area contributed by atoms with E-state index >= 15 is 0 Å². The number of hydrogen-bond donors (Lipinski definition) is 0. The fourth-order valence-electron chi connectivity index (χ4n) is 1.92. The monoisotopic (exact) mass is 459 g/mol. The van der Waals surface area contributed by atoms with Gasteiger partial charge in [0, 0.05) is 11.5 Å². The normalized spacial score (nSPS) is 11.8. The predicted octanol–water partition coefficient (Wildman–Crippen LogP) is 4.65. The summed E-state index contributed by atoms with van der Waals surface area (Å²) in [5, 5.41) is 0. The maximum atomic E-state index is 12.2. The smallest absolute Gasteiger partial charge is 0.348 e. The molecule has 23 heavy (non-hydrogen) atoms. The van der Waals surface area contributed by atoms with Crippen molar-refractivity contribution >= 4 is 55.1 Å². The summed E-state index contributed by atoms with van der Waals surface area (Å²) in [5.74, 6) is -0.750. The van der Waals surface area contributed by atoms with Gasteiger partial charge in [-0.1, -0.05) is 30.3 Å². The molecule has 0 N–H and O–H groups in total. The first kappa shape index (κ1) is 18.2. The summed E-state index contributed by atoms with van der Waals surface area (Å²) in [5.41, 5.74) is 1.03. The molecule has 0 radical (unpaired) electrons. The minimum absolute atomic E-state index is 0.0903. The molecular weight excluding hydrogens is 446 g/mol. The van der Waals surface area contributed by atoms with Crippen molar-refractivity contribution in [2.75, 3.05) is 13.7 Å². The molecule has 1 aromatic carbocycles. The summed E-state index contributed by atoms with van der Waals surface area (Å²) >= 11 is 7.89. The number of carbonyl (C=O) groups is 2. The zero-order valence-corrected chi connectivity index (χ0v) is 16.6. The third-order valence-electron chi connectivity index (χ3n) is 3.43. The fraction of sp³-hybridized carbons (Fsp3) is 0.250. The highest BCUT2D eigenvalue weighted by atomic mass is 79.9. The highest BCUT2D eigenvalue weighted by Crippen LogP contribution is 2.32. The van der Waals surface area contributed by atoms with Gasteiger partial charge >= 0.3 is 5.97 Å². The van der Waals surface area contributed by atoms with E-state index in [1.807, 2.05) is 37.3 Å². The summed E-state index contributed by atoms with van der Waals surface area (Å²) in [4.78, 5) is 26.2. The maximum Gasteiger partial charge on any atom is 0.348 e. The lowest BCUT2D eigenvalue weighted by Gasteiger charge is -2.25. The molecule has 0 bridgehead atoms. The highest BCUT2D eigenvalue weighted by molar-refractivity contribution is 9.13. The van der Waals surface area contributed by atoms with Gasteiger partial charge in [-0.2, -0.15) is 0 Å². The van der Waals surface area contributed by atoms with E-state index in [1.54, 1.807) is 18.0 Å². The molecule has 0 spiro atoms. The first-order valence-electron chi connectivity index (χ1n) is 6.82. The number of rotatable bonds is 5. The van der Waals surface area contributed by atoms with Crippen LogP contribution in [0.2, 0.25) is 0 Å². The predicted molar refractivity (Wildman–Crippen MR) is 97.6 cm³/mol. The van der Waals surface area contributed by atoms with Crippen LogP contribution in [0, 0.1) is 0 Å². The third-order valence-corrected chi connectivity index (χ3v) is 6.67. The van der Waals surface area contributed by atoms with Crippen LogP contribution in [-0.4, -0.2) is 30.4 Å². The standard InChI is InChI=1S/C16H15Br2NO3S/c1-10(11-6-4-3-5-7-11)19(2)14(20)9-22-16(21)13-8-12(17)15(18)23-13/h3-8,10H,9H2,1-2H3. The minimum Gasteiger partial charge on any atom is -0.451 e. The van der Waals surface area contributed by atoms with E-state index in [1.165, 1.54) is 11.3 Å². The Bertz CT molecular complexity index is 683. The van der Waals surface area contributed by atoms with Crippen LogP contribution < -0.4 is 0 Å². The third kappa shape index (κ3) is 4.65. The second-order valence-corrected chi connectivity index (χ2v) is 8.12. The SMILES string of the molecule is CC(c1ccccc1)N(C)C(=O)COC(=O)c1cc(Br)c(Br)s1. The van der Waals surface area contributed by atoms with Crippen LogP contribution in [0.15, 0.2) is 44.7 Å². The molecule has 0 aliphatic carbocycles. The van der Waals surface area contributed by atoms with Crippen molar-refractivity contribution in [1.29, 1.82) is 0 Å². The number of benzene rings is 1. The zero-order chi connectivity index (χ0) is 17.0. The Hall–Kier alpha value is -1.18. The Morgan fingerprint density at radius 1 is 1.26 bits per heavy atom. The zero-order valence-electron chi connectivity index (χ0n) is 12.6. The molecule has 2 aromatic rings. The van der Waals surface area contributed by atoms with Gasteiger partial charge in [-0.3, -0.25) is 4.79 Å². The maximum absolute atomic E-state index is 12.2. The molecule has 0 saturated carbocycles. The molecule has 2 rings (SSSR count). The fourth-order valence-corrected chi connectivity index (χ4v) is 3.85. The summed E-state index contributed by atoms with van der Waals surface area (Å²) in [7, 11) is 1.70. The molecule has 7 heteroatoms. The number of amides is 1. The topological polar surface area (TPSA) is 46.6 Å². The average Bonchev–Trinajstić information content (AvgIpc) is 2.91. The molecule has 1 aromatic heterocycles. The Morgan fingerprint density at radius 2 is 1.91 bits per heavy atom. The number of carbonyl (C=O) groups excluding carboxylic acids is 2. The van der Waals surface area contributed by atoms with Crippen molar-refractivity contribution in [3.8, 4) is 0 Å². The molecule has 4 nitrogen and oxygen atoms in total. The van der Waals surface area contributed by atoms with Gasteiger partial charge in [0.1, 0.15) is 4.88 Å². The average molecular weight is 461 g/mol. The number of likely N-dealkylation sites (N-methyl/N-ethyl adjacent to an activating group) is 1. The van der Waals surface area contributed by atoms with Gasteiger partial charge in [-0.05, 0) is 50.4 Å². The van der Waals surface area contributed by atoms with Crippen LogP contribution in [0.25, 0.3) is 0 Å². The second-order valence-electron chi connectivity index (χ2n) is 4.90.